The molecule has 2 heterocycles. The molecule has 0 aliphatic carbocycles. The van der Waals surface area contributed by atoms with Gasteiger partial charge in [0.1, 0.15) is 0 Å². The van der Waals surface area contributed by atoms with Crippen molar-refractivity contribution in [3.8, 4) is 0 Å². The van der Waals surface area contributed by atoms with Gasteiger partial charge in [0.05, 0.1) is 6.20 Å². The van der Waals surface area contributed by atoms with Crippen LogP contribution >= 0.6 is 12.4 Å². The summed E-state index contributed by atoms with van der Waals surface area (Å²) in [6.07, 6.45) is 8.04. The summed E-state index contributed by atoms with van der Waals surface area (Å²) in [5.74, 6) is 0.874. The number of piperidine rings is 1. The molecule has 0 saturated carbocycles. The van der Waals surface area contributed by atoms with Crippen LogP contribution < -0.4 is 5.32 Å². The SMILES string of the molecule is CCCn1cc(CN2CCC(CNCC)CC2)cn1.Cl. The minimum atomic E-state index is 0. The van der Waals surface area contributed by atoms with Gasteiger partial charge in [-0.05, 0) is 51.4 Å². The van der Waals surface area contributed by atoms with E-state index in [9.17, 15) is 0 Å². The van der Waals surface area contributed by atoms with Crippen molar-refractivity contribution in [1.29, 1.82) is 0 Å². The van der Waals surface area contributed by atoms with E-state index in [1.807, 2.05) is 6.20 Å². The van der Waals surface area contributed by atoms with Crippen LogP contribution in [0.3, 0.4) is 0 Å². The number of rotatable bonds is 7. The maximum atomic E-state index is 4.41. The first-order valence-electron chi connectivity index (χ1n) is 7.76. The second-order valence-electron chi connectivity index (χ2n) is 5.64. The number of nitrogens with zero attached hydrogens (tertiary/aromatic N) is 3. The lowest BCUT2D eigenvalue weighted by Gasteiger charge is -2.31. The molecule has 0 aromatic carbocycles. The maximum Gasteiger partial charge on any atom is 0.0534 e. The first-order valence-corrected chi connectivity index (χ1v) is 7.76. The molecule has 1 aliphatic heterocycles. The molecule has 1 aliphatic rings. The average molecular weight is 301 g/mol. The van der Waals surface area contributed by atoms with Gasteiger partial charge >= 0.3 is 0 Å². The molecule has 4 nitrogen and oxygen atoms in total. The van der Waals surface area contributed by atoms with Gasteiger partial charge in [0, 0.05) is 24.8 Å². The van der Waals surface area contributed by atoms with Crippen molar-refractivity contribution in [3.05, 3.63) is 18.0 Å². The van der Waals surface area contributed by atoms with Gasteiger partial charge in [-0.25, -0.2) is 0 Å². The van der Waals surface area contributed by atoms with Gasteiger partial charge in [0.15, 0.2) is 0 Å². The standard InChI is InChI=1S/C15H28N4.ClH/c1-3-7-19-13-15(11-17-19)12-18-8-5-14(6-9-18)10-16-4-2;/h11,13-14,16H,3-10,12H2,1-2H3;1H. The van der Waals surface area contributed by atoms with E-state index in [0.29, 0.717) is 0 Å². The Bertz CT molecular complexity index is 359. The second-order valence-corrected chi connectivity index (χ2v) is 5.64. The van der Waals surface area contributed by atoms with Gasteiger partial charge < -0.3 is 5.32 Å². The van der Waals surface area contributed by atoms with Crippen molar-refractivity contribution >= 4 is 12.4 Å². The Morgan fingerprint density at radius 3 is 2.70 bits per heavy atom. The molecule has 1 aromatic heterocycles. The van der Waals surface area contributed by atoms with Crippen LogP contribution in [-0.4, -0.2) is 40.9 Å². The zero-order valence-electron chi connectivity index (χ0n) is 12.8. The molecule has 116 valence electrons. The first-order chi connectivity index (χ1) is 9.31. The van der Waals surface area contributed by atoms with Crippen LogP contribution in [0.25, 0.3) is 0 Å². The summed E-state index contributed by atoms with van der Waals surface area (Å²) in [4.78, 5) is 2.57. The topological polar surface area (TPSA) is 33.1 Å². The van der Waals surface area contributed by atoms with Gasteiger partial charge in [-0.2, -0.15) is 5.10 Å². The number of likely N-dealkylation sites (tertiary alicyclic amines) is 1. The molecule has 0 unspecified atom stereocenters. The minimum Gasteiger partial charge on any atom is -0.317 e. The highest BCUT2D eigenvalue weighted by Crippen LogP contribution is 2.18. The predicted octanol–water partition coefficient (Wildman–Crippen LogP) is 2.54. The fraction of sp³-hybridized carbons (Fsp3) is 0.800. The van der Waals surface area contributed by atoms with Crippen molar-refractivity contribution in [2.75, 3.05) is 26.2 Å². The number of aryl methyl sites for hydroxylation is 1. The summed E-state index contributed by atoms with van der Waals surface area (Å²) in [6.45, 7) is 11.2. The summed E-state index contributed by atoms with van der Waals surface area (Å²) < 4.78 is 2.06. The Morgan fingerprint density at radius 1 is 1.30 bits per heavy atom. The van der Waals surface area contributed by atoms with Crippen LogP contribution in [-0.2, 0) is 13.1 Å². The fourth-order valence-corrected chi connectivity index (χ4v) is 2.79. The quantitative estimate of drug-likeness (QED) is 0.840. The Kier molecular flexibility index (Phi) is 8.19. The molecule has 0 radical (unpaired) electrons. The van der Waals surface area contributed by atoms with Crippen molar-refractivity contribution < 1.29 is 0 Å². The van der Waals surface area contributed by atoms with Gasteiger partial charge in [-0.3, -0.25) is 9.58 Å². The predicted molar refractivity (Wildman–Crippen MR) is 86.3 cm³/mol. The molecule has 0 atom stereocenters. The average Bonchev–Trinajstić information content (AvgIpc) is 2.86. The van der Waals surface area contributed by atoms with E-state index in [1.54, 1.807) is 0 Å². The highest BCUT2D eigenvalue weighted by molar-refractivity contribution is 5.85. The van der Waals surface area contributed by atoms with E-state index < -0.39 is 0 Å². The lowest BCUT2D eigenvalue weighted by atomic mass is 9.96. The fourth-order valence-electron chi connectivity index (χ4n) is 2.79. The minimum absolute atomic E-state index is 0. The van der Waals surface area contributed by atoms with E-state index in [2.05, 4.69) is 40.0 Å². The van der Waals surface area contributed by atoms with Crippen molar-refractivity contribution in [3.63, 3.8) is 0 Å². The summed E-state index contributed by atoms with van der Waals surface area (Å²) in [5, 5.41) is 7.87. The molecule has 1 aromatic rings. The van der Waals surface area contributed by atoms with Gasteiger partial charge in [-0.15, -0.1) is 12.4 Å². The van der Waals surface area contributed by atoms with Crippen LogP contribution in [0.2, 0.25) is 0 Å². The van der Waals surface area contributed by atoms with Crippen LogP contribution in [0.4, 0.5) is 0 Å². The first kappa shape index (κ1) is 17.5. The highest BCUT2D eigenvalue weighted by atomic mass is 35.5. The molecule has 2 rings (SSSR count). The van der Waals surface area contributed by atoms with Crippen LogP contribution in [0.5, 0.6) is 0 Å². The van der Waals surface area contributed by atoms with Crippen LogP contribution in [0.15, 0.2) is 12.4 Å². The molecular weight excluding hydrogens is 272 g/mol. The Hall–Kier alpha value is -0.580. The summed E-state index contributed by atoms with van der Waals surface area (Å²) in [7, 11) is 0. The number of aromatic nitrogens is 2. The lowest BCUT2D eigenvalue weighted by molar-refractivity contribution is 0.176. The molecule has 20 heavy (non-hydrogen) atoms. The lowest BCUT2D eigenvalue weighted by Crippen LogP contribution is -2.36. The van der Waals surface area contributed by atoms with E-state index in [4.69, 9.17) is 0 Å². The molecule has 0 amide bonds. The maximum absolute atomic E-state index is 4.41. The van der Waals surface area contributed by atoms with E-state index in [0.717, 1.165) is 32.0 Å². The van der Waals surface area contributed by atoms with E-state index in [1.165, 1.54) is 38.0 Å². The summed E-state index contributed by atoms with van der Waals surface area (Å²) in [6, 6.07) is 0. The number of nitrogens with one attached hydrogen (secondary N) is 1. The third-order valence-electron chi connectivity index (χ3n) is 3.94. The second kappa shape index (κ2) is 9.37. The zero-order valence-corrected chi connectivity index (χ0v) is 13.7. The van der Waals surface area contributed by atoms with Crippen LogP contribution in [0.1, 0.15) is 38.7 Å². The molecule has 5 heteroatoms. The zero-order chi connectivity index (χ0) is 13.5. The molecule has 1 saturated heterocycles. The number of halogens is 1. The van der Waals surface area contributed by atoms with Gasteiger partial charge in [0.2, 0.25) is 0 Å². The number of hydrogen-bond acceptors (Lipinski definition) is 3. The van der Waals surface area contributed by atoms with Crippen molar-refractivity contribution in [2.45, 2.75) is 46.2 Å². The molecule has 1 N–H and O–H groups in total. The van der Waals surface area contributed by atoms with E-state index in [-0.39, 0.29) is 12.4 Å². The van der Waals surface area contributed by atoms with Crippen LogP contribution in [0, 0.1) is 5.92 Å². The third-order valence-corrected chi connectivity index (χ3v) is 3.94. The smallest absolute Gasteiger partial charge is 0.0534 e. The Morgan fingerprint density at radius 2 is 2.05 bits per heavy atom. The molecular formula is C15H29ClN4. The summed E-state index contributed by atoms with van der Waals surface area (Å²) >= 11 is 0. The molecule has 1 fully saturated rings. The monoisotopic (exact) mass is 300 g/mol. The molecule has 0 bridgehead atoms. The Labute approximate surface area is 129 Å². The number of hydrogen-bond donors (Lipinski definition) is 1. The third kappa shape index (κ3) is 5.43. The summed E-state index contributed by atoms with van der Waals surface area (Å²) in [5.41, 5.74) is 1.36. The van der Waals surface area contributed by atoms with Gasteiger partial charge in [0.25, 0.3) is 0 Å². The highest BCUT2D eigenvalue weighted by Gasteiger charge is 2.19. The molecule has 0 spiro atoms. The van der Waals surface area contributed by atoms with Crippen molar-refractivity contribution in [1.82, 2.24) is 20.0 Å². The van der Waals surface area contributed by atoms with Gasteiger partial charge in [-0.1, -0.05) is 13.8 Å². The van der Waals surface area contributed by atoms with E-state index >= 15 is 0 Å². The Balaban J connectivity index is 0.00000200. The van der Waals surface area contributed by atoms with Crippen molar-refractivity contribution in [2.24, 2.45) is 5.92 Å². The largest absolute Gasteiger partial charge is 0.317 e. The normalized spacial score (nSPS) is 17.1.